The van der Waals surface area contributed by atoms with Crippen LogP contribution in [0, 0.1) is 11.3 Å². The molecule has 158 valence electrons. The van der Waals surface area contributed by atoms with Crippen molar-refractivity contribution in [3.8, 4) is 0 Å². The molecule has 0 bridgehead atoms. The maximum atomic E-state index is 12.3. The monoisotopic (exact) mass is 403 g/mol. The Bertz CT molecular complexity index is 760. The van der Waals surface area contributed by atoms with E-state index >= 15 is 0 Å². The zero-order chi connectivity index (χ0) is 21.6. The standard InChI is InChI=1S/C21H29N3O5/c1-14(25)22-16-5-7-17(8-6-16)23-18(26)13-29-19(27)15-9-11-24(12-10-15)20(28)21(2,3)4/h5-8,15H,9-13H2,1-4H3,(H,22,25)(H,23,26). The number of likely N-dealkylation sites (tertiary alicyclic amines) is 1. The van der Waals surface area contributed by atoms with Crippen LogP contribution in [0.15, 0.2) is 24.3 Å². The average molecular weight is 403 g/mol. The van der Waals surface area contributed by atoms with E-state index in [-0.39, 0.29) is 24.3 Å². The van der Waals surface area contributed by atoms with Crippen molar-refractivity contribution in [1.82, 2.24) is 4.90 Å². The first-order valence-electron chi connectivity index (χ1n) is 9.70. The van der Waals surface area contributed by atoms with Gasteiger partial charge >= 0.3 is 5.97 Å². The molecule has 1 aliphatic heterocycles. The van der Waals surface area contributed by atoms with E-state index in [0.29, 0.717) is 37.3 Å². The van der Waals surface area contributed by atoms with Crippen molar-refractivity contribution < 1.29 is 23.9 Å². The second-order valence-corrected chi connectivity index (χ2v) is 8.23. The molecule has 1 saturated heterocycles. The van der Waals surface area contributed by atoms with Crippen molar-refractivity contribution in [1.29, 1.82) is 0 Å². The maximum absolute atomic E-state index is 12.3. The summed E-state index contributed by atoms with van der Waals surface area (Å²) in [7, 11) is 0. The minimum atomic E-state index is -0.439. The fourth-order valence-corrected chi connectivity index (χ4v) is 3.08. The van der Waals surface area contributed by atoms with E-state index in [0.717, 1.165) is 0 Å². The molecule has 0 aromatic heterocycles. The van der Waals surface area contributed by atoms with Crippen LogP contribution in [-0.2, 0) is 23.9 Å². The number of rotatable bonds is 5. The molecular weight excluding hydrogens is 374 g/mol. The van der Waals surface area contributed by atoms with Crippen molar-refractivity contribution in [2.24, 2.45) is 11.3 Å². The van der Waals surface area contributed by atoms with Crippen LogP contribution in [0.25, 0.3) is 0 Å². The number of carbonyl (C=O) groups is 4. The molecule has 2 rings (SSSR count). The summed E-state index contributed by atoms with van der Waals surface area (Å²) in [5.41, 5.74) is 0.721. The Morgan fingerprint density at radius 1 is 1.00 bits per heavy atom. The predicted octanol–water partition coefficient (Wildman–Crippen LogP) is 2.41. The molecule has 1 heterocycles. The van der Waals surface area contributed by atoms with E-state index in [2.05, 4.69) is 10.6 Å². The summed E-state index contributed by atoms with van der Waals surface area (Å²) >= 11 is 0. The summed E-state index contributed by atoms with van der Waals surface area (Å²) < 4.78 is 5.14. The Labute approximate surface area is 171 Å². The van der Waals surface area contributed by atoms with Gasteiger partial charge in [-0.3, -0.25) is 19.2 Å². The Kier molecular flexibility index (Phi) is 7.36. The molecule has 0 saturated carbocycles. The summed E-state index contributed by atoms with van der Waals surface area (Å²) in [5, 5.41) is 5.27. The lowest BCUT2D eigenvalue weighted by Gasteiger charge is -2.34. The number of carbonyl (C=O) groups excluding carboxylic acids is 4. The van der Waals surface area contributed by atoms with Gasteiger partial charge < -0.3 is 20.3 Å². The smallest absolute Gasteiger partial charge is 0.309 e. The fraction of sp³-hybridized carbons (Fsp3) is 0.524. The lowest BCUT2D eigenvalue weighted by Crippen LogP contribution is -2.45. The number of benzene rings is 1. The first-order chi connectivity index (χ1) is 13.6. The minimum absolute atomic E-state index is 0.0771. The molecular formula is C21H29N3O5. The van der Waals surface area contributed by atoms with Crippen LogP contribution in [0.4, 0.5) is 11.4 Å². The summed E-state index contributed by atoms with van der Waals surface area (Å²) in [6.45, 7) is 7.71. The number of anilines is 2. The van der Waals surface area contributed by atoms with E-state index < -0.39 is 17.3 Å². The van der Waals surface area contributed by atoms with E-state index in [4.69, 9.17) is 4.74 Å². The van der Waals surface area contributed by atoms with Gasteiger partial charge in [0.2, 0.25) is 11.8 Å². The van der Waals surface area contributed by atoms with Crippen molar-refractivity contribution in [2.45, 2.75) is 40.5 Å². The molecule has 0 unspecified atom stereocenters. The van der Waals surface area contributed by atoms with Crippen molar-refractivity contribution in [3.63, 3.8) is 0 Å². The zero-order valence-electron chi connectivity index (χ0n) is 17.4. The molecule has 3 amide bonds. The third-order valence-corrected chi connectivity index (χ3v) is 4.59. The number of nitrogens with zero attached hydrogens (tertiary/aromatic N) is 1. The molecule has 1 aromatic rings. The van der Waals surface area contributed by atoms with Gasteiger partial charge in [-0.05, 0) is 37.1 Å². The number of hydrogen-bond acceptors (Lipinski definition) is 5. The van der Waals surface area contributed by atoms with Crippen LogP contribution in [0.5, 0.6) is 0 Å². The van der Waals surface area contributed by atoms with Gasteiger partial charge in [0.15, 0.2) is 6.61 Å². The van der Waals surface area contributed by atoms with Gasteiger partial charge in [0, 0.05) is 36.8 Å². The summed E-state index contributed by atoms with van der Waals surface area (Å²) in [6.07, 6.45) is 1.07. The first-order valence-corrected chi connectivity index (χ1v) is 9.70. The molecule has 8 heteroatoms. The summed E-state index contributed by atoms with van der Waals surface area (Å²) in [5.74, 6) is -1.26. The van der Waals surface area contributed by atoms with Crippen LogP contribution >= 0.6 is 0 Å². The van der Waals surface area contributed by atoms with Gasteiger partial charge in [0.1, 0.15) is 0 Å². The van der Waals surface area contributed by atoms with Gasteiger partial charge in [0.05, 0.1) is 5.92 Å². The number of esters is 1. The van der Waals surface area contributed by atoms with E-state index in [9.17, 15) is 19.2 Å². The number of amides is 3. The highest BCUT2D eigenvalue weighted by atomic mass is 16.5. The number of piperidine rings is 1. The van der Waals surface area contributed by atoms with Crippen molar-refractivity contribution in [3.05, 3.63) is 24.3 Å². The minimum Gasteiger partial charge on any atom is -0.455 e. The number of nitrogens with one attached hydrogen (secondary N) is 2. The van der Waals surface area contributed by atoms with Crippen LogP contribution in [-0.4, -0.2) is 48.3 Å². The van der Waals surface area contributed by atoms with Gasteiger partial charge in [-0.15, -0.1) is 0 Å². The van der Waals surface area contributed by atoms with Gasteiger partial charge in [-0.25, -0.2) is 0 Å². The second-order valence-electron chi connectivity index (χ2n) is 8.23. The van der Waals surface area contributed by atoms with Gasteiger partial charge in [0.25, 0.3) is 5.91 Å². The number of ether oxygens (including phenoxy) is 1. The van der Waals surface area contributed by atoms with E-state index in [1.165, 1.54) is 6.92 Å². The Balaban J connectivity index is 1.74. The molecule has 29 heavy (non-hydrogen) atoms. The SMILES string of the molecule is CC(=O)Nc1ccc(NC(=O)COC(=O)C2CCN(C(=O)C(C)(C)C)CC2)cc1. The topological polar surface area (TPSA) is 105 Å². The van der Waals surface area contributed by atoms with Crippen LogP contribution in [0.3, 0.4) is 0 Å². The van der Waals surface area contributed by atoms with Crippen molar-refractivity contribution >= 4 is 35.1 Å². The van der Waals surface area contributed by atoms with E-state index in [1.54, 1.807) is 29.2 Å². The van der Waals surface area contributed by atoms with Gasteiger partial charge in [-0.1, -0.05) is 20.8 Å². The van der Waals surface area contributed by atoms with Crippen molar-refractivity contribution in [2.75, 3.05) is 30.3 Å². The predicted molar refractivity (Wildman–Crippen MR) is 109 cm³/mol. The Hall–Kier alpha value is -2.90. The number of hydrogen-bond donors (Lipinski definition) is 2. The fourth-order valence-electron chi connectivity index (χ4n) is 3.08. The molecule has 1 aliphatic rings. The van der Waals surface area contributed by atoms with Crippen LogP contribution in [0.2, 0.25) is 0 Å². The molecule has 2 N–H and O–H groups in total. The summed E-state index contributed by atoms with van der Waals surface area (Å²) in [4.78, 5) is 49.3. The first kappa shape index (κ1) is 22.4. The molecule has 8 nitrogen and oxygen atoms in total. The third kappa shape index (κ3) is 6.89. The highest BCUT2D eigenvalue weighted by Gasteiger charge is 2.33. The van der Waals surface area contributed by atoms with Crippen LogP contribution < -0.4 is 10.6 Å². The highest BCUT2D eigenvalue weighted by molar-refractivity contribution is 5.93. The molecule has 1 aromatic carbocycles. The van der Waals surface area contributed by atoms with Crippen LogP contribution in [0.1, 0.15) is 40.5 Å². The molecule has 0 aliphatic carbocycles. The second kappa shape index (κ2) is 9.54. The Morgan fingerprint density at radius 2 is 1.52 bits per heavy atom. The zero-order valence-corrected chi connectivity index (χ0v) is 17.4. The third-order valence-electron chi connectivity index (χ3n) is 4.59. The lowest BCUT2D eigenvalue weighted by atomic mass is 9.91. The molecule has 1 fully saturated rings. The summed E-state index contributed by atoms with van der Waals surface area (Å²) in [6, 6.07) is 6.62. The quantitative estimate of drug-likeness (QED) is 0.735. The van der Waals surface area contributed by atoms with E-state index in [1.807, 2.05) is 20.8 Å². The van der Waals surface area contributed by atoms with Gasteiger partial charge in [-0.2, -0.15) is 0 Å². The molecule has 0 radical (unpaired) electrons. The molecule has 0 atom stereocenters. The average Bonchev–Trinajstić information content (AvgIpc) is 2.66. The Morgan fingerprint density at radius 3 is 2.00 bits per heavy atom. The largest absolute Gasteiger partial charge is 0.455 e. The highest BCUT2D eigenvalue weighted by Crippen LogP contribution is 2.24. The maximum Gasteiger partial charge on any atom is 0.309 e. The molecule has 0 spiro atoms. The normalized spacial score (nSPS) is 14.8. The lowest BCUT2D eigenvalue weighted by molar-refractivity contribution is -0.155.